The van der Waals surface area contributed by atoms with Gasteiger partial charge < -0.3 is 0 Å². The Kier molecular flexibility index (Phi) is 24.4. The Labute approximate surface area is 164 Å². The molecule has 0 bridgehead atoms. The van der Waals surface area contributed by atoms with Gasteiger partial charge in [0.1, 0.15) is 6.54 Å². The number of quaternary nitrogens is 1. The van der Waals surface area contributed by atoms with Crippen molar-refractivity contribution in [2.45, 2.75) is 117 Å². The zero-order valence-electron chi connectivity index (χ0n) is 18.0. The fraction of sp³-hybridized carbons (Fsp3) is 1.00. The Morgan fingerprint density at radius 1 is 0.560 bits per heavy atom. The minimum atomic E-state index is 0.0694. The van der Waals surface area contributed by atoms with Gasteiger partial charge in [-0.3, -0.25) is 0 Å². The van der Waals surface area contributed by atoms with E-state index in [9.17, 15) is 0 Å². The lowest BCUT2D eigenvalue weighted by molar-refractivity contribution is -1.07. The van der Waals surface area contributed by atoms with Crippen molar-refractivity contribution in [3.05, 3.63) is 0 Å². The molecule has 0 rings (SSSR count). The number of nitrogens with zero attached hydrogens (tertiary/aromatic N) is 1. The van der Waals surface area contributed by atoms with Crippen LogP contribution in [0.3, 0.4) is 0 Å². The summed E-state index contributed by atoms with van der Waals surface area (Å²) in [5, 5.41) is 8.76. The van der Waals surface area contributed by atoms with Crippen LogP contribution in [0.1, 0.15) is 117 Å². The highest BCUT2D eigenvalue weighted by atomic mass is 35.5. The van der Waals surface area contributed by atoms with Crippen LogP contribution in [0.5, 0.6) is 0 Å². The summed E-state index contributed by atoms with van der Waals surface area (Å²) in [7, 11) is 3.47. The molecule has 0 aromatic heterocycles. The highest BCUT2D eigenvalue weighted by Crippen LogP contribution is 2.13. The molecule has 0 radical (unpaired) electrons. The van der Waals surface area contributed by atoms with Gasteiger partial charge in [-0.2, -0.15) is 4.65 Å². The molecule has 0 saturated carbocycles. The maximum Gasteiger partial charge on any atom is 0.105 e. The number of hydrogen-bond donors (Lipinski definition) is 1. The summed E-state index contributed by atoms with van der Waals surface area (Å²) in [6.07, 6.45) is 22.8. The molecule has 3 heteroatoms. The van der Waals surface area contributed by atoms with Crippen molar-refractivity contribution in [1.29, 1.82) is 0 Å². The number of unbranched alkanes of at least 4 members (excludes halogenated alkanes) is 15. The average molecular weight is 379 g/mol. The lowest BCUT2D eigenvalue weighted by Crippen LogP contribution is -2.34. The van der Waals surface area contributed by atoms with Crippen LogP contribution in [0.2, 0.25) is 0 Å². The lowest BCUT2D eigenvalue weighted by Gasteiger charge is -2.15. The van der Waals surface area contributed by atoms with Gasteiger partial charge in [-0.25, -0.2) is 5.21 Å². The molecule has 2 nitrogen and oxygen atoms in total. The van der Waals surface area contributed by atoms with Crippen molar-refractivity contribution in [3.63, 3.8) is 0 Å². The van der Waals surface area contributed by atoms with Crippen LogP contribution in [0.15, 0.2) is 0 Å². The van der Waals surface area contributed by atoms with Crippen LogP contribution in [0.4, 0.5) is 0 Å². The van der Waals surface area contributed by atoms with E-state index in [0.717, 1.165) is 12.4 Å². The van der Waals surface area contributed by atoms with E-state index < -0.39 is 0 Å². The second-order valence-electron chi connectivity index (χ2n) is 7.93. The molecule has 154 valence electrons. The summed E-state index contributed by atoms with van der Waals surface area (Å²) >= 11 is 5.66. The Hall–Kier alpha value is 0.210. The number of alkyl halides is 1. The summed E-state index contributed by atoms with van der Waals surface area (Å²) in [4.78, 5) is 0. The second kappa shape index (κ2) is 22.3. The Balaban J connectivity index is 0. The number of hydroxylamine groups is 3. The van der Waals surface area contributed by atoms with Gasteiger partial charge in [-0.1, -0.05) is 103 Å². The number of hydrogen-bond acceptors (Lipinski definition) is 1. The smallest absolute Gasteiger partial charge is 0.105 e. The van der Waals surface area contributed by atoms with Crippen molar-refractivity contribution in [1.82, 2.24) is 0 Å². The second-order valence-corrected chi connectivity index (χ2v) is 8.31. The van der Waals surface area contributed by atoms with Crippen LogP contribution in [0, 0.1) is 0 Å². The summed E-state index contributed by atoms with van der Waals surface area (Å²) < 4.78 is 0.0694. The maximum absolute atomic E-state index is 8.76. The molecule has 0 atom stereocenters. The van der Waals surface area contributed by atoms with Gasteiger partial charge in [0.25, 0.3) is 0 Å². The molecule has 0 aliphatic heterocycles. The number of halogens is 1. The zero-order chi connectivity index (χ0) is 19.2. The Morgan fingerprint density at radius 2 is 0.800 bits per heavy atom. The molecule has 0 aromatic carbocycles. The largest absolute Gasteiger partial charge is 0.218 e. The van der Waals surface area contributed by atoms with E-state index in [1.165, 1.54) is 103 Å². The molecule has 0 aliphatic rings. The zero-order valence-corrected chi connectivity index (χ0v) is 18.8. The molecule has 0 aromatic rings. The summed E-state index contributed by atoms with van der Waals surface area (Å²) in [6.45, 7) is 4.98. The van der Waals surface area contributed by atoms with Gasteiger partial charge in [0.15, 0.2) is 0 Å². The third-order valence-electron chi connectivity index (χ3n) is 4.76. The number of rotatable bonds is 17. The molecule has 1 N–H and O–H groups in total. The van der Waals surface area contributed by atoms with Crippen LogP contribution in [-0.4, -0.2) is 36.4 Å². The molecule has 25 heavy (non-hydrogen) atoms. The van der Waals surface area contributed by atoms with Gasteiger partial charge in [0.2, 0.25) is 0 Å². The normalized spacial score (nSPS) is 11.3. The molecule has 0 unspecified atom stereocenters. The van der Waals surface area contributed by atoms with Gasteiger partial charge in [-0.15, -0.1) is 11.6 Å². The highest BCUT2D eigenvalue weighted by molar-refractivity contribution is 6.17. The van der Waals surface area contributed by atoms with Crippen LogP contribution >= 0.6 is 11.6 Å². The third-order valence-corrected chi connectivity index (χ3v) is 5.03. The molecule has 0 fully saturated rings. The van der Waals surface area contributed by atoms with Crippen LogP contribution in [-0.2, 0) is 0 Å². The maximum atomic E-state index is 8.76. The van der Waals surface area contributed by atoms with Crippen LogP contribution < -0.4 is 0 Å². The van der Waals surface area contributed by atoms with Gasteiger partial charge >= 0.3 is 0 Å². The lowest BCUT2D eigenvalue weighted by atomic mass is 10.0. The minimum absolute atomic E-state index is 0.0694. The van der Waals surface area contributed by atoms with E-state index in [-0.39, 0.29) is 4.65 Å². The molecule has 0 spiro atoms. The van der Waals surface area contributed by atoms with E-state index in [2.05, 4.69) is 6.92 Å². The SMILES string of the molecule is CCCCCCCCCCCCCCCCCCCl.CC[N+](C)(C)O. The quantitative estimate of drug-likeness (QED) is 0.118. The third kappa shape index (κ3) is 32.4. The predicted octanol–water partition coefficient (Wildman–Crippen LogP) is 7.96. The summed E-state index contributed by atoms with van der Waals surface area (Å²) in [5.41, 5.74) is 0. The topological polar surface area (TPSA) is 20.2 Å². The van der Waals surface area contributed by atoms with Gasteiger partial charge in [-0.05, 0) is 13.3 Å². The van der Waals surface area contributed by atoms with Crippen molar-refractivity contribution in [3.8, 4) is 0 Å². The first-order valence-electron chi connectivity index (χ1n) is 11.1. The van der Waals surface area contributed by atoms with E-state index in [4.69, 9.17) is 16.8 Å². The fourth-order valence-electron chi connectivity index (χ4n) is 2.64. The molecular formula is C22H49ClNO+. The van der Waals surface area contributed by atoms with Crippen molar-refractivity contribution >= 4 is 11.6 Å². The minimum Gasteiger partial charge on any atom is -0.218 e. The van der Waals surface area contributed by atoms with Crippen LogP contribution in [0.25, 0.3) is 0 Å². The summed E-state index contributed by atoms with van der Waals surface area (Å²) in [5.74, 6) is 0.846. The summed E-state index contributed by atoms with van der Waals surface area (Å²) in [6, 6.07) is 0. The fourth-order valence-corrected chi connectivity index (χ4v) is 2.83. The molecule has 0 heterocycles. The first-order valence-corrected chi connectivity index (χ1v) is 11.6. The average Bonchev–Trinajstić information content (AvgIpc) is 2.58. The van der Waals surface area contributed by atoms with Crippen molar-refractivity contribution in [2.75, 3.05) is 26.5 Å². The van der Waals surface area contributed by atoms with E-state index in [1.807, 2.05) is 6.92 Å². The predicted molar refractivity (Wildman–Crippen MR) is 115 cm³/mol. The van der Waals surface area contributed by atoms with E-state index in [0.29, 0.717) is 0 Å². The Bertz CT molecular complexity index is 213. The van der Waals surface area contributed by atoms with E-state index in [1.54, 1.807) is 14.1 Å². The first kappa shape index (κ1) is 27.4. The monoisotopic (exact) mass is 378 g/mol. The standard InChI is InChI=1S/C18H37Cl.C4H12NO/c1-2-3-4-5-6-7-8-9-10-11-12-13-14-15-16-17-18-19;1-4-5(2,3)6/h2-18H2,1H3;6H,4H2,1-3H3/q;+1. The van der Waals surface area contributed by atoms with E-state index >= 15 is 0 Å². The molecule has 0 saturated heterocycles. The Morgan fingerprint density at radius 3 is 1.00 bits per heavy atom. The first-order chi connectivity index (χ1) is 12.0. The highest BCUT2D eigenvalue weighted by Gasteiger charge is 2.02. The molecular weight excluding hydrogens is 330 g/mol. The van der Waals surface area contributed by atoms with Gasteiger partial charge in [0.05, 0.1) is 14.1 Å². The van der Waals surface area contributed by atoms with Crippen molar-refractivity contribution < 1.29 is 9.85 Å². The molecule has 0 amide bonds. The molecule has 0 aliphatic carbocycles. The van der Waals surface area contributed by atoms with Gasteiger partial charge in [0, 0.05) is 5.88 Å². The van der Waals surface area contributed by atoms with Crippen molar-refractivity contribution in [2.24, 2.45) is 0 Å².